The van der Waals surface area contributed by atoms with E-state index in [1.54, 1.807) is 0 Å². The van der Waals surface area contributed by atoms with E-state index in [0.717, 1.165) is 0 Å². The zero-order valence-corrected chi connectivity index (χ0v) is 6.43. The van der Waals surface area contributed by atoms with Gasteiger partial charge in [0.05, 0.1) is 0 Å². The summed E-state index contributed by atoms with van der Waals surface area (Å²) in [6.45, 7) is 0. The molecule has 0 bridgehead atoms. The van der Waals surface area contributed by atoms with E-state index in [-0.39, 0.29) is 28.5 Å². The quantitative estimate of drug-likeness (QED) is 0.365. The van der Waals surface area contributed by atoms with E-state index >= 15 is 0 Å². The van der Waals surface area contributed by atoms with E-state index in [9.17, 15) is 30.7 Å². The van der Waals surface area contributed by atoms with Crippen molar-refractivity contribution in [1.82, 2.24) is 0 Å². The molecular formula is C4AgF7. The molecule has 0 heterocycles. The van der Waals surface area contributed by atoms with Crippen LogP contribution in [0.25, 0.3) is 0 Å². The van der Waals surface area contributed by atoms with Gasteiger partial charge in [-0.15, -0.1) is 0 Å². The predicted molar refractivity (Wildman–Crippen MR) is 20.0 cm³/mol. The first-order valence-electron chi connectivity index (χ1n) is 2.07. The number of allylic oxidation sites excluding steroid dienone is 2. The van der Waals surface area contributed by atoms with Crippen LogP contribution >= 0.6 is 0 Å². The average Bonchev–Trinajstić information content (AvgIpc) is 1.56. The van der Waals surface area contributed by atoms with Crippen molar-refractivity contribution < 1.29 is 53.1 Å². The van der Waals surface area contributed by atoms with Crippen molar-refractivity contribution in [2.24, 2.45) is 0 Å². The molecule has 0 aromatic carbocycles. The molecular weight excluding hydrogens is 289 g/mol. The summed E-state index contributed by atoms with van der Waals surface area (Å²) in [6.07, 6.45) is -11.3. The molecule has 0 aromatic heterocycles. The van der Waals surface area contributed by atoms with E-state index in [1.807, 2.05) is 0 Å². The molecule has 76 valence electrons. The maximum atomic E-state index is 11.4. The first-order chi connectivity index (χ1) is 4.63. The van der Waals surface area contributed by atoms with Crippen molar-refractivity contribution in [3.05, 3.63) is 11.9 Å². The van der Waals surface area contributed by atoms with Crippen molar-refractivity contribution in [1.29, 1.82) is 0 Å². The first-order valence-corrected chi connectivity index (χ1v) is 2.07. The smallest absolute Gasteiger partial charge is 0.346 e. The summed E-state index contributed by atoms with van der Waals surface area (Å²) in [7, 11) is 0. The number of hydrogen-bond acceptors (Lipinski definition) is 0. The van der Waals surface area contributed by atoms with E-state index in [2.05, 4.69) is 0 Å². The Bertz CT molecular complexity index is 163. The Balaban J connectivity index is 0. The standard InChI is InChI=1S/C4F7.Ag/c5-2(4(9,10)11)1-3(6,7)8;/q-1;+1. The van der Waals surface area contributed by atoms with Gasteiger partial charge in [0.25, 0.3) is 6.18 Å². The van der Waals surface area contributed by atoms with Gasteiger partial charge in [-0.05, 0) is 0 Å². The van der Waals surface area contributed by atoms with E-state index in [4.69, 9.17) is 0 Å². The zero-order chi connectivity index (χ0) is 9.28. The minimum Gasteiger partial charge on any atom is -0.346 e. The fourth-order valence-electron chi connectivity index (χ4n) is 0.195. The second-order valence-electron chi connectivity index (χ2n) is 1.43. The van der Waals surface area contributed by atoms with Gasteiger partial charge in [-0.3, -0.25) is 0 Å². The Morgan fingerprint density at radius 3 is 1.33 bits per heavy atom. The number of hydrogen-bond donors (Lipinski definition) is 0. The van der Waals surface area contributed by atoms with Crippen LogP contribution in [0.15, 0.2) is 5.83 Å². The summed E-state index contributed by atoms with van der Waals surface area (Å²) >= 11 is 0. The summed E-state index contributed by atoms with van der Waals surface area (Å²) < 4.78 is 77.3. The average molecular weight is 289 g/mol. The molecule has 0 aliphatic heterocycles. The molecule has 0 spiro atoms. The summed E-state index contributed by atoms with van der Waals surface area (Å²) in [6, 6.07) is 0. The van der Waals surface area contributed by atoms with E-state index in [1.165, 1.54) is 0 Å². The topological polar surface area (TPSA) is 0 Å². The maximum absolute atomic E-state index is 11.4. The summed E-state index contributed by atoms with van der Waals surface area (Å²) in [5.41, 5.74) is 0. The van der Waals surface area contributed by atoms with Crippen LogP contribution in [0.2, 0.25) is 0 Å². The van der Waals surface area contributed by atoms with Crippen LogP contribution in [0.3, 0.4) is 0 Å². The molecule has 0 unspecified atom stereocenters. The van der Waals surface area contributed by atoms with Crippen LogP contribution in [0, 0.1) is 6.08 Å². The van der Waals surface area contributed by atoms with Gasteiger partial charge >= 0.3 is 28.6 Å². The molecule has 12 heavy (non-hydrogen) atoms. The molecule has 0 nitrogen and oxygen atoms in total. The van der Waals surface area contributed by atoms with Crippen molar-refractivity contribution >= 4 is 0 Å². The molecule has 0 amide bonds. The molecule has 0 fully saturated rings. The Kier molecular flexibility index (Phi) is 5.19. The van der Waals surface area contributed by atoms with Gasteiger partial charge in [0, 0.05) is 5.83 Å². The molecule has 0 aliphatic carbocycles. The van der Waals surface area contributed by atoms with Gasteiger partial charge in [-0.25, -0.2) is 17.6 Å². The molecule has 0 radical (unpaired) electrons. The third-order valence-electron chi connectivity index (χ3n) is 0.500. The number of rotatable bonds is 0. The summed E-state index contributed by atoms with van der Waals surface area (Å²) in [4.78, 5) is 0. The predicted octanol–water partition coefficient (Wildman–Crippen LogP) is 2.77. The van der Waals surface area contributed by atoms with Crippen molar-refractivity contribution in [2.45, 2.75) is 12.4 Å². The fourth-order valence-corrected chi connectivity index (χ4v) is 0.195. The zero-order valence-electron chi connectivity index (χ0n) is 4.95. The Hall–Kier alpha value is -0.00974. The molecule has 0 N–H and O–H groups in total. The van der Waals surface area contributed by atoms with Crippen LogP contribution < -0.4 is 0 Å². The van der Waals surface area contributed by atoms with Crippen LogP contribution in [0.4, 0.5) is 30.7 Å². The normalized spacial score (nSPS) is 14.1. The molecule has 0 aromatic rings. The molecule has 0 saturated carbocycles. The fraction of sp³-hybridized carbons (Fsp3) is 0.500. The van der Waals surface area contributed by atoms with Crippen molar-refractivity contribution in [3.8, 4) is 0 Å². The van der Waals surface area contributed by atoms with Gasteiger partial charge in [0.15, 0.2) is 0 Å². The van der Waals surface area contributed by atoms with Gasteiger partial charge in [0.1, 0.15) is 0 Å². The first kappa shape index (κ1) is 14.5. The van der Waals surface area contributed by atoms with Gasteiger partial charge in [0.2, 0.25) is 0 Å². The molecule has 0 rings (SSSR count). The van der Waals surface area contributed by atoms with E-state index < -0.39 is 18.2 Å². The Morgan fingerprint density at radius 1 is 0.917 bits per heavy atom. The Labute approximate surface area is 77.9 Å². The second kappa shape index (κ2) is 4.29. The van der Waals surface area contributed by atoms with Crippen LogP contribution in [-0.2, 0) is 22.4 Å². The number of halogens is 7. The van der Waals surface area contributed by atoms with Crippen LogP contribution in [0.5, 0.6) is 0 Å². The second-order valence-corrected chi connectivity index (χ2v) is 1.43. The monoisotopic (exact) mass is 288 g/mol. The van der Waals surface area contributed by atoms with Crippen LogP contribution in [0.1, 0.15) is 0 Å². The van der Waals surface area contributed by atoms with Crippen LogP contribution in [-0.4, -0.2) is 12.4 Å². The Morgan fingerprint density at radius 2 is 1.25 bits per heavy atom. The summed E-state index contributed by atoms with van der Waals surface area (Å²) in [5, 5.41) is 0. The minimum atomic E-state index is -5.62. The van der Waals surface area contributed by atoms with Gasteiger partial charge < -0.3 is 6.08 Å². The van der Waals surface area contributed by atoms with Gasteiger partial charge in [-0.1, -0.05) is 0 Å². The molecule has 8 heteroatoms. The molecule has 0 atom stereocenters. The maximum Gasteiger partial charge on any atom is 1.00 e. The third kappa shape index (κ3) is 6.69. The number of alkyl halides is 6. The molecule has 0 aliphatic rings. The molecule has 0 saturated heterocycles. The SMILES string of the molecule is FC(=[C-]C(F)(F)F)C(F)(F)F.[Ag+]. The largest absolute Gasteiger partial charge is 1.00 e. The van der Waals surface area contributed by atoms with Gasteiger partial charge in [-0.2, -0.15) is 13.2 Å². The minimum absolute atomic E-state index is 0. The van der Waals surface area contributed by atoms with Crippen molar-refractivity contribution in [2.75, 3.05) is 0 Å². The van der Waals surface area contributed by atoms with Crippen molar-refractivity contribution in [3.63, 3.8) is 0 Å². The third-order valence-corrected chi connectivity index (χ3v) is 0.500. The summed E-state index contributed by atoms with van der Waals surface area (Å²) in [5.74, 6) is -3.27. The van der Waals surface area contributed by atoms with E-state index in [0.29, 0.717) is 0 Å².